The van der Waals surface area contributed by atoms with Gasteiger partial charge in [0.15, 0.2) is 5.38 Å². The minimum absolute atomic E-state index is 0.472. The molecule has 0 aliphatic heterocycles. The van der Waals surface area contributed by atoms with Gasteiger partial charge in [-0.2, -0.15) is 5.26 Å². The maximum absolute atomic E-state index is 8.49. The molecule has 0 aromatic carbocycles. The molecule has 0 saturated carbocycles. The summed E-state index contributed by atoms with van der Waals surface area (Å²) in [6.45, 7) is 2.09. The first kappa shape index (κ1) is 8.58. The first-order valence-electron chi connectivity index (χ1n) is 3.40. The molecule has 0 fully saturated rings. The van der Waals surface area contributed by atoms with Crippen molar-refractivity contribution in [3.8, 4) is 6.07 Å². The van der Waals surface area contributed by atoms with Crippen molar-refractivity contribution in [2.45, 2.75) is 18.7 Å². The summed E-state index contributed by atoms with van der Waals surface area (Å²) in [6, 6.07) is 5.94. The van der Waals surface area contributed by atoms with E-state index in [1.807, 2.05) is 18.2 Å². The summed E-state index contributed by atoms with van der Waals surface area (Å²) in [5, 5.41) is 8.02. The van der Waals surface area contributed by atoms with Crippen LogP contribution in [-0.2, 0) is 6.42 Å². The molecule has 3 heteroatoms. The van der Waals surface area contributed by atoms with E-state index in [4.69, 9.17) is 16.9 Å². The van der Waals surface area contributed by atoms with E-state index in [2.05, 4.69) is 6.92 Å². The molecule has 1 rings (SSSR count). The predicted molar refractivity (Wildman–Crippen MR) is 47.9 cm³/mol. The first-order chi connectivity index (χ1) is 5.27. The van der Waals surface area contributed by atoms with E-state index in [9.17, 15) is 0 Å². The largest absolute Gasteiger partial charge is 0.196 e. The van der Waals surface area contributed by atoms with E-state index in [0.29, 0.717) is 0 Å². The molecule has 1 aromatic heterocycles. The summed E-state index contributed by atoms with van der Waals surface area (Å²) in [5.41, 5.74) is 0. The lowest BCUT2D eigenvalue weighted by atomic mass is 10.3. The summed E-state index contributed by atoms with van der Waals surface area (Å²) in [7, 11) is 0. The normalized spacial score (nSPS) is 12.5. The fraction of sp³-hybridized carbons (Fsp3) is 0.375. The lowest BCUT2D eigenvalue weighted by Gasteiger charge is -1.91. The number of rotatable bonds is 2. The fourth-order valence-electron chi connectivity index (χ4n) is 0.784. The van der Waals surface area contributed by atoms with Gasteiger partial charge in [0.1, 0.15) is 0 Å². The molecule has 1 heterocycles. The molecule has 58 valence electrons. The van der Waals surface area contributed by atoms with Crippen LogP contribution in [0.3, 0.4) is 0 Å². The second-order valence-corrected chi connectivity index (χ2v) is 3.79. The summed E-state index contributed by atoms with van der Waals surface area (Å²) >= 11 is 7.32. The molecule has 0 spiro atoms. The van der Waals surface area contributed by atoms with Crippen molar-refractivity contribution in [2.75, 3.05) is 0 Å². The molecule has 0 saturated heterocycles. The van der Waals surface area contributed by atoms with Gasteiger partial charge < -0.3 is 0 Å². The molecule has 1 atom stereocenters. The van der Waals surface area contributed by atoms with Crippen molar-refractivity contribution in [1.29, 1.82) is 5.26 Å². The van der Waals surface area contributed by atoms with Gasteiger partial charge >= 0.3 is 0 Å². The van der Waals surface area contributed by atoms with Crippen LogP contribution in [0.25, 0.3) is 0 Å². The van der Waals surface area contributed by atoms with Gasteiger partial charge in [0.25, 0.3) is 0 Å². The lowest BCUT2D eigenvalue weighted by Crippen LogP contribution is -1.77. The van der Waals surface area contributed by atoms with Crippen LogP contribution in [-0.4, -0.2) is 0 Å². The molecule has 0 bridgehead atoms. The Labute approximate surface area is 75.2 Å². The maximum atomic E-state index is 8.49. The summed E-state index contributed by atoms with van der Waals surface area (Å²) in [4.78, 5) is 2.23. The zero-order chi connectivity index (χ0) is 8.27. The van der Waals surface area contributed by atoms with Crippen molar-refractivity contribution < 1.29 is 0 Å². The maximum Gasteiger partial charge on any atom is 0.154 e. The van der Waals surface area contributed by atoms with E-state index in [1.165, 1.54) is 4.88 Å². The number of alkyl halides is 1. The smallest absolute Gasteiger partial charge is 0.154 e. The van der Waals surface area contributed by atoms with E-state index in [-0.39, 0.29) is 0 Å². The molecule has 0 aliphatic carbocycles. The second-order valence-electron chi connectivity index (χ2n) is 2.15. The fourth-order valence-corrected chi connectivity index (χ4v) is 1.87. The second kappa shape index (κ2) is 3.75. The Balaban J connectivity index is 2.82. The topological polar surface area (TPSA) is 23.8 Å². The number of hydrogen-bond donors (Lipinski definition) is 0. The van der Waals surface area contributed by atoms with Crippen LogP contribution in [0.1, 0.15) is 22.1 Å². The number of halogens is 1. The molecule has 0 N–H and O–H groups in total. The third kappa shape index (κ3) is 1.95. The Morgan fingerprint density at radius 1 is 1.73 bits per heavy atom. The van der Waals surface area contributed by atoms with Crippen LogP contribution in [0.5, 0.6) is 0 Å². The average molecular weight is 186 g/mol. The average Bonchev–Trinajstić information content (AvgIpc) is 2.50. The molecule has 1 aromatic rings. The van der Waals surface area contributed by atoms with Crippen LogP contribution >= 0.6 is 22.9 Å². The monoisotopic (exact) mass is 185 g/mol. The van der Waals surface area contributed by atoms with Crippen molar-refractivity contribution >= 4 is 22.9 Å². The molecule has 1 unspecified atom stereocenters. The zero-order valence-electron chi connectivity index (χ0n) is 6.17. The summed E-state index contributed by atoms with van der Waals surface area (Å²) in [5.74, 6) is 0. The number of aryl methyl sites for hydroxylation is 1. The van der Waals surface area contributed by atoms with E-state index in [0.717, 1.165) is 11.3 Å². The molecule has 11 heavy (non-hydrogen) atoms. The lowest BCUT2D eigenvalue weighted by molar-refractivity contribution is 1.19. The molecule has 0 amide bonds. The Morgan fingerprint density at radius 2 is 2.45 bits per heavy atom. The van der Waals surface area contributed by atoms with Gasteiger partial charge in [-0.05, 0) is 18.6 Å². The molecular formula is C8H8ClNS. The highest BCUT2D eigenvalue weighted by atomic mass is 35.5. The standard InChI is InChI=1S/C8H8ClNS/c1-2-6-3-4-8(11-6)7(9)5-10/h3-4,7H,2H2,1H3. The third-order valence-electron chi connectivity index (χ3n) is 1.39. The van der Waals surface area contributed by atoms with Gasteiger partial charge in [-0.25, -0.2) is 0 Å². The number of thiophene rings is 1. The Morgan fingerprint density at radius 3 is 2.91 bits per heavy atom. The van der Waals surface area contributed by atoms with E-state index >= 15 is 0 Å². The summed E-state index contributed by atoms with van der Waals surface area (Å²) < 4.78 is 0. The van der Waals surface area contributed by atoms with Crippen molar-refractivity contribution in [1.82, 2.24) is 0 Å². The van der Waals surface area contributed by atoms with Gasteiger partial charge in [-0.3, -0.25) is 0 Å². The van der Waals surface area contributed by atoms with Crippen LogP contribution in [0.2, 0.25) is 0 Å². The number of nitriles is 1. The van der Waals surface area contributed by atoms with Crippen LogP contribution in [0, 0.1) is 11.3 Å². The molecular weight excluding hydrogens is 178 g/mol. The minimum Gasteiger partial charge on any atom is -0.196 e. The van der Waals surface area contributed by atoms with Gasteiger partial charge in [0.2, 0.25) is 0 Å². The van der Waals surface area contributed by atoms with Crippen LogP contribution in [0.4, 0.5) is 0 Å². The van der Waals surface area contributed by atoms with E-state index < -0.39 is 5.38 Å². The van der Waals surface area contributed by atoms with Crippen molar-refractivity contribution in [3.05, 3.63) is 21.9 Å². The molecule has 0 aliphatic rings. The van der Waals surface area contributed by atoms with Crippen molar-refractivity contribution in [2.24, 2.45) is 0 Å². The summed E-state index contributed by atoms with van der Waals surface area (Å²) in [6.07, 6.45) is 1.01. The van der Waals surface area contributed by atoms with Gasteiger partial charge in [0, 0.05) is 9.75 Å². The van der Waals surface area contributed by atoms with Gasteiger partial charge in [-0.15, -0.1) is 22.9 Å². The number of nitrogens with zero attached hydrogens (tertiary/aromatic N) is 1. The van der Waals surface area contributed by atoms with Crippen LogP contribution in [0.15, 0.2) is 12.1 Å². The highest BCUT2D eigenvalue weighted by molar-refractivity contribution is 7.12. The SMILES string of the molecule is CCc1ccc(C(Cl)C#N)s1. The van der Waals surface area contributed by atoms with E-state index in [1.54, 1.807) is 11.3 Å². The van der Waals surface area contributed by atoms with Crippen LogP contribution < -0.4 is 0 Å². The van der Waals surface area contributed by atoms with Gasteiger partial charge in [-0.1, -0.05) is 6.92 Å². The van der Waals surface area contributed by atoms with Crippen molar-refractivity contribution in [3.63, 3.8) is 0 Å². The molecule has 1 nitrogen and oxygen atoms in total. The Kier molecular flexibility index (Phi) is 2.92. The quantitative estimate of drug-likeness (QED) is 0.650. The predicted octanol–water partition coefficient (Wildman–Crippen LogP) is 3.11. The first-order valence-corrected chi connectivity index (χ1v) is 4.65. The number of hydrogen-bond acceptors (Lipinski definition) is 2. The Bertz CT molecular complexity index is 274. The van der Waals surface area contributed by atoms with Gasteiger partial charge in [0.05, 0.1) is 6.07 Å². The third-order valence-corrected chi connectivity index (χ3v) is 3.15. The highest BCUT2D eigenvalue weighted by Crippen LogP contribution is 2.27. The zero-order valence-corrected chi connectivity index (χ0v) is 7.75. The highest BCUT2D eigenvalue weighted by Gasteiger charge is 2.07. The Hall–Kier alpha value is -0.520. The molecule has 0 radical (unpaired) electrons. The minimum atomic E-state index is -0.472.